The number of amides is 1. The monoisotopic (exact) mass is 694 g/mol. The minimum absolute atomic E-state index is 0.0682. The second-order valence-electron chi connectivity index (χ2n) is 10.6. The number of aryl methyl sites for hydroxylation is 1. The summed E-state index contributed by atoms with van der Waals surface area (Å²) in [6.07, 6.45) is 2.16. The first kappa shape index (κ1) is 28.0. The number of rotatable bonds is 6. The van der Waals surface area contributed by atoms with E-state index in [0.29, 0.717) is 30.1 Å². The van der Waals surface area contributed by atoms with E-state index in [9.17, 15) is 13.2 Å². The van der Waals surface area contributed by atoms with Gasteiger partial charge in [-0.2, -0.15) is 0 Å². The van der Waals surface area contributed by atoms with Crippen molar-refractivity contribution in [3.63, 3.8) is 0 Å². The Bertz CT molecular complexity index is 1740. The Labute approximate surface area is 259 Å². The van der Waals surface area contributed by atoms with Crippen molar-refractivity contribution >= 4 is 59.4 Å². The number of hydrogen-bond acceptors (Lipinski definition) is 3. The first-order valence-corrected chi connectivity index (χ1v) is 16.3. The number of piperidine rings is 1. The molecule has 2 aliphatic rings. The Morgan fingerprint density at radius 3 is 2.32 bits per heavy atom. The lowest BCUT2D eigenvalue weighted by atomic mass is 9.72. The van der Waals surface area contributed by atoms with Crippen LogP contribution in [0.4, 0.5) is 5.69 Å². The van der Waals surface area contributed by atoms with Gasteiger partial charge in [0.1, 0.15) is 6.17 Å². The number of sulfonamides is 1. The van der Waals surface area contributed by atoms with Crippen LogP contribution in [0.2, 0.25) is 5.02 Å². The van der Waals surface area contributed by atoms with E-state index < -0.39 is 21.6 Å². The summed E-state index contributed by atoms with van der Waals surface area (Å²) in [5.41, 5.74) is 3.62. The number of carbonyl (C=O) groups excluding carboxylic acids is 1. The molecule has 2 atom stereocenters. The van der Waals surface area contributed by atoms with Crippen molar-refractivity contribution in [3.8, 4) is 0 Å². The van der Waals surface area contributed by atoms with Crippen molar-refractivity contribution in [3.05, 3.63) is 136 Å². The van der Waals surface area contributed by atoms with Crippen molar-refractivity contribution in [1.82, 2.24) is 4.90 Å². The standard InChI is InChI=1S/C33H28ClIN2O3S/c1-23-11-17-27(18-12-23)41(39,40)37-30-10-6-5-9-28(30)33(21-29(35)25-13-15-26(34)16-14-25)20-19-31(38)36(32(33)37)22-24-7-3-2-4-8-24/h2-18,21,32H,19-20,22H2,1H3/b29-21-/t32-,33-/m1/s1. The molecule has 1 saturated heterocycles. The van der Waals surface area contributed by atoms with Crippen LogP contribution < -0.4 is 4.31 Å². The lowest BCUT2D eigenvalue weighted by Crippen LogP contribution is -2.61. The first-order chi connectivity index (χ1) is 19.7. The summed E-state index contributed by atoms with van der Waals surface area (Å²) >= 11 is 8.49. The van der Waals surface area contributed by atoms with Crippen molar-refractivity contribution in [2.75, 3.05) is 4.31 Å². The van der Waals surface area contributed by atoms with E-state index in [-0.39, 0.29) is 10.8 Å². The van der Waals surface area contributed by atoms with Crippen LogP contribution in [0.1, 0.15) is 35.1 Å². The highest BCUT2D eigenvalue weighted by Crippen LogP contribution is 2.55. The van der Waals surface area contributed by atoms with Gasteiger partial charge in [-0.1, -0.05) is 96.0 Å². The van der Waals surface area contributed by atoms with Crippen LogP contribution in [0.3, 0.4) is 0 Å². The summed E-state index contributed by atoms with van der Waals surface area (Å²) in [5, 5.41) is 0.646. The third kappa shape index (κ3) is 4.98. The van der Waals surface area contributed by atoms with Crippen LogP contribution in [0.25, 0.3) is 3.58 Å². The molecule has 208 valence electrons. The number of anilines is 1. The number of nitrogens with zero attached hydrogens (tertiary/aromatic N) is 2. The van der Waals surface area contributed by atoms with E-state index in [1.807, 2.05) is 85.8 Å². The van der Waals surface area contributed by atoms with Crippen LogP contribution in [0, 0.1) is 6.92 Å². The molecular weight excluding hydrogens is 667 g/mol. The molecule has 0 N–H and O–H groups in total. The molecule has 0 spiro atoms. The molecule has 0 radical (unpaired) electrons. The summed E-state index contributed by atoms with van der Waals surface area (Å²) in [6, 6.07) is 31.9. The molecule has 6 rings (SSSR count). The van der Waals surface area contributed by atoms with Crippen LogP contribution >= 0.6 is 34.2 Å². The number of benzene rings is 4. The van der Waals surface area contributed by atoms with Crippen LogP contribution in [0.5, 0.6) is 0 Å². The zero-order chi connectivity index (χ0) is 28.8. The highest BCUT2D eigenvalue weighted by Gasteiger charge is 2.59. The Kier molecular flexibility index (Phi) is 7.46. The van der Waals surface area contributed by atoms with Gasteiger partial charge in [0, 0.05) is 21.6 Å². The normalized spacial score (nSPS) is 20.6. The number of halogens is 2. The molecule has 0 bridgehead atoms. The Morgan fingerprint density at radius 2 is 1.61 bits per heavy atom. The SMILES string of the molecule is Cc1ccc(S(=O)(=O)N2c3ccccc3[C@]3(/C=C(\I)c4ccc(Cl)cc4)CCC(=O)N(Cc4ccccc4)[C@H]23)cc1. The molecule has 0 aromatic heterocycles. The predicted molar refractivity (Wildman–Crippen MR) is 172 cm³/mol. The molecule has 2 aliphatic heterocycles. The van der Waals surface area contributed by atoms with Crippen molar-refractivity contribution in [2.45, 2.75) is 42.8 Å². The van der Waals surface area contributed by atoms with Crippen molar-refractivity contribution in [2.24, 2.45) is 0 Å². The van der Waals surface area contributed by atoms with E-state index in [1.54, 1.807) is 29.2 Å². The van der Waals surface area contributed by atoms with E-state index >= 15 is 0 Å². The smallest absolute Gasteiger partial charge is 0.266 e. The second-order valence-corrected chi connectivity index (χ2v) is 14.0. The van der Waals surface area contributed by atoms with E-state index in [4.69, 9.17) is 11.6 Å². The summed E-state index contributed by atoms with van der Waals surface area (Å²) in [6.45, 7) is 2.23. The minimum Gasteiger partial charge on any atom is -0.316 e. The molecule has 0 aliphatic carbocycles. The maximum atomic E-state index is 14.6. The number of fused-ring (bicyclic) bond motifs is 3. The van der Waals surface area contributed by atoms with Crippen LogP contribution in [-0.4, -0.2) is 25.4 Å². The molecule has 4 aromatic rings. The average Bonchev–Trinajstić information content (AvgIpc) is 3.27. The van der Waals surface area contributed by atoms with Crippen molar-refractivity contribution in [1.29, 1.82) is 0 Å². The van der Waals surface area contributed by atoms with Gasteiger partial charge in [-0.3, -0.25) is 4.79 Å². The highest BCUT2D eigenvalue weighted by molar-refractivity contribution is 14.1. The molecule has 4 aromatic carbocycles. The molecule has 2 heterocycles. The van der Waals surface area contributed by atoms with Gasteiger partial charge in [0.2, 0.25) is 5.91 Å². The lowest BCUT2D eigenvalue weighted by Gasteiger charge is -2.47. The molecule has 0 saturated carbocycles. The van der Waals surface area contributed by atoms with Crippen molar-refractivity contribution < 1.29 is 13.2 Å². The van der Waals surface area contributed by atoms with Gasteiger partial charge in [0.25, 0.3) is 10.0 Å². The van der Waals surface area contributed by atoms with E-state index in [2.05, 4.69) is 28.7 Å². The molecule has 41 heavy (non-hydrogen) atoms. The van der Waals surface area contributed by atoms with Gasteiger partial charge in [-0.25, -0.2) is 12.7 Å². The predicted octanol–water partition coefficient (Wildman–Crippen LogP) is 7.72. The number of carbonyl (C=O) groups is 1. The number of para-hydroxylation sites is 1. The zero-order valence-electron chi connectivity index (χ0n) is 22.4. The highest BCUT2D eigenvalue weighted by atomic mass is 127. The Morgan fingerprint density at radius 1 is 0.951 bits per heavy atom. The van der Waals surface area contributed by atoms with Gasteiger partial charge < -0.3 is 4.90 Å². The van der Waals surface area contributed by atoms with E-state index in [1.165, 1.54) is 4.31 Å². The quantitative estimate of drug-likeness (QED) is 0.194. The molecule has 8 heteroatoms. The first-order valence-electron chi connectivity index (χ1n) is 13.4. The lowest BCUT2D eigenvalue weighted by molar-refractivity contribution is -0.138. The summed E-state index contributed by atoms with van der Waals surface area (Å²) in [7, 11) is -4.04. The van der Waals surface area contributed by atoms with Gasteiger partial charge in [-0.15, -0.1) is 0 Å². The third-order valence-electron chi connectivity index (χ3n) is 7.97. The fraction of sp³-hybridized carbons (Fsp3) is 0.182. The zero-order valence-corrected chi connectivity index (χ0v) is 26.1. The van der Waals surface area contributed by atoms with Gasteiger partial charge in [-0.05, 0) is 83.0 Å². The molecule has 1 fully saturated rings. The molecule has 5 nitrogen and oxygen atoms in total. The fourth-order valence-electron chi connectivity index (χ4n) is 5.98. The summed E-state index contributed by atoms with van der Waals surface area (Å²) in [5.74, 6) is -0.0682. The Hall–Kier alpha value is -3.14. The van der Waals surface area contributed by atoms with E-state index in [0.717, 1.165) is 25.8 Å². The second kappa shape index (κ2) is 10.9. The molecule has 1 amide bonds. The number of likely N-dealkylation sites (tertiary alicyclic amines) is 1. The average molecular weight is 695 g/mol. The topological polar surface area (TPSA) is 57.7 Å². The maximum absolute atomic E-state index is 14.6. The molecular formula is C33H28ClIN2O3S. The van der Waals surface area contributed by atoms with Crippen LogP contribution in [0.15, 0.2) is 114 Å². The largest absolute Gasteiger partial charge is 0.316 e. The van der Waals surface area contributed by atoms with Gasteiger partial charge >= 0.3 is 0 Å². The third-order valence-corrected chi connectivity index (χ3v) is 10.9. The minimum atomic E-state index is -4.04. The summed E-state index contributed by atoms with van der Waals surface area (Å²) in [4.78, 5) is 15.7. The fourth-order valence-corrected chi connectivity index (χ4v) is 8.72. The maximum Gasteiger partial charge on any atom is 0.266 e. The van der Waals surface area contributed by atoms with Gasteiger partial charge in [0.05, 0.1) is 16.0 Å². The number of hydrogen-bond donors (Lipinski definition) is 0. The van der Waals surface area contributed by atoms with Crippen LogP contribution in [-0.2, 0) is 26.8 Å². The summed E-state index contributed by atoms with van der Waals surface area (Å²) < 4.78 is 31.6. The molecule has 0 unspecified atom stereocenters. The van der Waals surface area contributed by atoms with Gasteiger partial charge in [0.15, 0.2) is 0 Å². The Balaban J connectivity index is 1.59.